The number of phenolic OH excluding ortho intramolecular Hbond substituents is 1. The van der Waals surface area contributed by atoms with E-state index in [-0.39, 0.29) is 22.7 Å². The molecule has 0 heterocycles. The number of benzene rings is 2. The number of nitrogens with one attached hydrogen (secondary N) is 1. The molecule has 2 aromatic carbocycles. The van der Waals surface area contributed by atoms with Gasteiger partial charge in [0.1, 0.15) is 11.6 Å². The van der Waals surface area contributed by atoms with Gasteiger partial charge >= 0.3 is 0 Å². The number of carbonyl (C=O) groups is 1. The van der Waals surface area contributed by atoms with Gasteiger partial charge in [0, 0.05) is 10.2 Å². The first-order valence-corrected chi connectivity index (χ1v) is 6.11. The van der Waals surface area contributed by atoms with Crippen LogP contribution >= 0.6 is 15.9 Å². The first kappa shape index (κ1) is 13.4. The van der Waals surface area contributed by atoms with E-state index >= 15 is 0 Å². The summed E-state index contributed by atoms with van der Waals surface area (Å²) in [5.41, 5.74) is 5.70. The number of halogens is 2. The van der Waals surface area contributed by atoms with E-state index in [0.29, 0.717) is 4.47 Å². The molecule has 0 aromatic heterocycles. The number of amides is 1. The van der Waals surface area contributed by atoms with Crippen molar-refractivity contribution in [1.82, 2.24) is 0 Å². The fourth-order valence-corrected chi connectivity index (χ4v) is 1.85. The maximum atomic E-state index is 13.2. The Hall–Kier alpha value is -2.08. The second-order valence-corrected chi connectivity index (χ2v) is 4.77. The zero-order valence-electron chi connectivity index (χ0n) is 9.65. The molecule has 19 heavy (non-hydrogen) atoms. The van der Waals surface area contributed by atoms with Crippen LogP contribution in [0, 0.1) is 5.82 Å². The van der Waals surface area contributed by atoms with Gasteiger partial charge in [-0.25, -0.2) is 4.39 Å². The van der Waals surface area contributed by atoms with Crippen LogP contribution in [0.2, 0.25) is 0 Å². The number of anilines is 2. The molecule has 6 heteroatoms. The van der Waals surface area contributed by atoms with Crippen LogP contribution in [-0.4, -0.2) is 11.0 Å². The molecule has 0 aliphatic carbocycles. The Kier molecular flexibility index (Phi) is 3.71. The minimum atomic E-state index is -0.613. The molecule has 4 nitrogen and oxygen atoms in total. The number of hydrogen-bond donors (Lipinski definition) is 3. The van der Waals surface area contributed by atoms with E-state index in [1.54, 1.807) is 6.07 Å². The Morgan fingerprint density at radius 2 is 2.00 bits per heavy atom. The van der Waals surface area contributed by atoms with Crippen molar-refractivity contribution < 1.29 is 14.3 Å². The molecule has 98 valence electrons. The lowest BCUT2D eigenvalue weighted by Crippen LogP contribution is -2.12. The second kappa shape index (κ2) is 5.27. The number of phenols is 1. The first-order chi connectivity index (χ1) is 8.97. The zero-order valence-corrected chi connectivity index (χ0v) is 11.2. The molecular formula is C13H10BrFN2O2. The largest absolute Gasteiger partial charge is 0.507 e. The van der Waals surface area contributed by atoms with E-state index in [4.69, 9.17) is 5.73 Å². The van der Waals surface area contributed by atoms with Gasteiger partial charge in [0.05, 0.1) is 11.3 Å². The fraction of sp³-hybridized carbons (Fsp3) is 0. The Morgan fingerprint density at radius 3 is 2.63 bits per heavy atom. The van der Waals surface area contributed by atoms with Crippen LogP contribution in [0.5, 0.6) is 5.75 Å². The summed E-state index contributed by atoms with van der Waals surface area (Å²) in [6, 6.07) is 8.43. The average molecular weight is 325 g/mol. The van der Waals surface area contributed by atoms with Crippen LogP contribution in [-0.2, 0) is 0 Å². The lowest BCUT2D eigenvalue weighted by molar-refractivity contribution is 0.102. The molecule has 2 rings (SSSR count). The highest BCUT2D eigenvalue weighted by Gasteiger charge is 2.12. The number of nitrogens with two attached hydrogens (primary N) is 1. The molecule has 0 bridgehead atoms. The van der Waals surface area contributed by atoms with E-state index in [2.05, 4.69) is 21.2 Å². The Bertz CT molecular complexity index is 647. The van der Waals surface area contributed by atoms with Crippen molar-refractivity contribution in [3.8, 4) is 5.75 Å². The maximum Gasteiger partial charge on any atom is 0.259 e. The molecule has 0 radical (unpaired) electrons. The van der Waals surface area contributed by atoms with Crippen LogP contribution in [0.15, 0.2) is 40.9 Å². The predicted octanol–water partition coefficient (Wildman–Crippen LogP) is 3.13. The summed E-state index contributed by atoms with van der Waals surface area (Å²) in [6.07, 6.45) is 0. The van der Waals surface area contributed by atoms with E-state index in [1.807, 2.05) is 0 Å². The zero-order chi connectivity index (χ0) is 14.0. The molecule has 0 spiro atoms. The van der Waals surface area contributed by atoms with Crippen molar-refractivity contribution in [3.05, 3.63) is 52.3 Å². The highest BCUT2D eigenvalue weighted by Crippen LogP contribution is 2.24. The number of carbonyl (C=O) groups excluding carboxylic acids is 1. The van der Waals surface area contributed by atoms with Crippen molar-refractivity contribution in [2.45, 2.75) is 0 Å². The molecule has 0 unspecified atom stereocenters. The lowest BCUT2D eigenvalue weighted by Gasteiger charge is -2.08. The van der Waals surface area contributed by atoms with Crippen LogP contribution < -0.4 is 11.1 Å². The molecule has 0 aliphatic heterocycles. The smallest absolute Gasteiger partial charge is 0.259 e. The van der Waals surface area contributed by atoms with E-state index in [0.717, 1.165) is 6.07 Å². The maximum absolute atomic E-state index is 13.2. The average Bonchev–Trinajstić information content (AvgIpc) is 2.33. The number of nitrogen functional groups attached to an aromatic ring is 1. The van der Waals surface area contributed by atoms with Crippen molar-refractivity contribution in [1.29, 1.82) is 0 Å². The molecule has 0 saturated carbocycles. The molecule has 0 saturated heterocycles. The Morgan fingerprint density at radius 1 is 1.26 bits per heavy atom. The molecule has 2 aromatic rings. The normalized spacial score (nSPS) is 10.2. The summed E-state index contributed by atoms with van der Waals surface area (Å²) in [5, 5.41) is 12.1. The minimum absolute atomic E-state index is 0.00416. The number of aromatic hydroxyl groups is 1. The van der Waals surface area contributed by atoms with Crippen LogP contribution in [0.4, 0.5) is 15.8 Å². The predicted molar refractivity (Wildman–Crippen MR) is 74.6 cm³/mol. The van der Waals surface area contributed by atoms with Crippen molar-refractivity contribution >= 4 is 33.2 Å². The van der Waals surface area contributed by atoms with Crippen molar-refractivity contribution in [2.75, 3.05) is 11.1 Å². The second-order valence-electron chi connectivity index (χ2n) is 3.85. The minimum Gasteiger partial charge on any atom is -0.507 e. The summed E-state index contributed by atoms with van der Waals surface area (Å²) in [4.78, 5) is 11.9. The standard InChI is InChI=1S/C13H10BrFN2O2/c14-7-1-3-9(12(18)5-7)13(19)17-8-2-4-11(16)10(15)6-8/h1-6,18H,16H2,(H,17,19). The summed E-state index contributed by atoms with van der Waals surface area (Å²) >= 11 is 3.17. The van der Waals surface area contributed by atoms with E-state index in [1.165, 1.54) is 24.3 Å². The highest BCUT2D eigenvalue weighted by molar-refractivity contribution is 9.10. The van der Waals surface area contributed by atoms with Gasteiger partial charge in [-0.05, 0) is 36.4 Å². The molecular weight excluding hydrogens is 315 g/mol. The summed E-state index contributed by atoms with van der Waals surface area (Å²) in [6.45, 7) is 0. The van der Waals surface area contributed by atoms with Gasteiger partial charge in [-0.15, -0.1) is 0 Å². The topological polar surface area (TPSA) is 75.3 Å². The summed E-state index contributed by atoms with van der Waals surface area (Å²) in [7, 11) is 0. The monoisotopic (exact) mass is 324 g/mol. The lowest BCUT2D eigenvalue weighted by atomic mass is 10.2. The van der Waals surface area contributed by atoms with Gasteiger partial charge in [0.25, 0.3) is 5.91 Å². The van der Waals surface area contributed by atoms with Crippen LogP contribution in [0.25, 0.3) is 0 Å². The highest BCUT2D eigenvalue weighted by atomic mass is 79.9. The van der Waals surface area contributed by atoms with Gasteiger partial charge < -0.3 is 16.2 Å². The van der Waals surface area contributed by atoms with E-state index in [9.17, 15) is 14.3 Å². The van der Waals surface area contributed by atoms with Gasteiger partial charge in [-0.1, -0.05) is 15.9 Å². The molecule has 1 amide bonds. The first-order valence-electron chi connectivity index (χ1n) is 5.32. The molecule has 0 fully saturated rings. The van der Waals surface area contributed by atoms with Crippen molar-refractivity contribution in [2.24, 2.45) is 0 Å². The van der Waals surface area contributed by atoms with Gasteiger partial charge in [-0.3, -0.25) is 4.79 Å². The van der Waals surface area contributed by atoms with Gasteiger partial charge in [0.15, 0.2) is 0 Å². The fourth-order valence-electron chi connectivity index (χ4n) is 1.50. The molecule has 4 N–H and O–H groups in total. The third-order valence-electron chi connectivity index (χ3n) is 2.46. The molecule has 0 aliphatic rings. The van der Waals surface area contributed by atoms with Crippen LogP contribution in [0.1, 0.15) is 10.4 Å². The van der Waals surface area contributed by atoms with E-state index < -0.39 is 11.7 Å². The van der Waals surface area contributed by atoms with Crippen molar-refractivity contribution in [3.63, 3.8) is 0 Å². The summed E-state index contributed by atoms with van der Waals surface area (Å²) < 4.78 is 13.9. The molecule has 0 atom stereocenters. The Balaban J connectivity index is 2.23. The van der Waals surface area contributed by atoms with Crippen LogP contribution in [0.3, 0.4) is 0 Å². The Labute approximate surface area is 117 Å². The van der Waals surface area contributed by atoms with Gasteiger partial charge in [0.2, 0.25) is 0 Å². The van der Waals surface area contributed by atoms with Gasteiger partial charge in [-0.2, -0.15) is 0 Å². The number of hydrogen-bond acceptors (Lipinski definition) is 3. The SMILES string of the molecule is Nc1ccc(NC(=O)c2ccc(Br)cc2O)cc1F. The quantitative estimate of drug-likeness (QED) is 0.743. The number of rotatable bonds is 2. The third-order valence-corrected chi connectivity index (χ3v) is 2.96. The third kappa shape index (κ3) is 3.03. The summed E-state index contributed by atoms with van der Waals surface area (Å²) in [5.74, 6) is -1.31.